The molecule has 0 bridgehead atoms. The molecule has 46 heavy (non-hydrogen) atoms. The van der Waals surface area contributed by atoms with Gasteiger partial charge in [-0.2, -0.15) is 19.2 Å². The average molecular weight is 698 g/mol. The molecule has 7 rings (SSSR count). The molecule has 0 saturated carbocycles. The highest BCUT2D eigenvalue weighted by atomic mass is 35.5. The van der Waals surface area contributed by atoms with E-state index in [1.54, 1.807) is 24.3 Å². The smallest absolute Gasteiger partial charge is 0.269 e. The first-order valence-electron chi connectivity index (χ1n) is 12.9. The van der Waals surface area contributed by atoms with Gasteiger partial charge in [-0.25, -0.2) is 0 Å². The topological polar surface area (TPSA) is 191 Å². The average Bonchev–Trinajstić information content (AvgIpc) is 3.83. The second kappa shape index (κ2) is 11.9. The lowest BCUT2D eigenvalue weighted by molar-refractivity contribution is -0.385. The molecule has 16 nitrogen and oxygen atoms in total. The Kier molecular flexibility index (Phi) is 7.61. The Morgan fingerprint density at radius 3 is 1.41 bits per heavy atom. The number of benzene rings is 3. The van der Waals surface area contributed by atoms with E-state index < -0.39 is 9.85 Å². The Morgan fingerprint density at radius 1 is 0.652 bits per heavy atom. The van der Waals surface area contributed by atoms with E-state index >= 15 is 0 Å². The molecule has 4 heterocycles. The van der Waals surface area contributed by atoms with Gasteiger partial charge in [-0.15, -0.1) is 20.4 Å². The lowest BCUT2D eigenvalue weighted by Gasteiger charge is -2.11. The largest absolute Gasteiger partial charge is 0.484 e. The van der Waals surface area contributed by atoms with Crippen LogP contribution in [-0.2, 0) is 13.2 Å². The number of fused-ring (bicyclic) bond motifs is 2. The summed E-state index contributed by atoms with van der Waals surface area (Å²) in [5, 5.41) is 49.1. The van der Waals surface area contributed by atoms with Gasteiger partial charge < -0.3 is 9.47 Å². The Balaban J connectivity index is 1.02. The molecule has 0 spiro atoms. The Morgan fingerprint density at radius 2 is 1.04 bits per heavy atom. The molecule has 0 amide bonds. The van der Waals surface area contributed by atoms with E-state index in [-0.39, 0.29) is 46.1 Å². The molecule has 0 atom stereocenters. The van der Waals surface area contributed by atoms with Gasteiger partial charge in [0.1, 0.15) is 34.7 Å². The first kappa shape index (κ1) is 29.4. The van der Waals surface area contributed by atoms with Gasteiger partial charge in [0, 0.05) is 47.5 Å². The van der Waals surface area contributed by atoms with Crippen molar-refractivity contribution in [2.75, 3.05) is 0 Å². The molecule has 0 unspecified atom stereocenters. The van der Waals surface area contributed by atoms with Crippen LogP contribution in [0.1, 0.15) is 11.6 Å². The van der Waals surface area contributed by atoms with E-state index in [0.717, 1.165) is 0 Å². The summed E-state index contributed by atoms with van der Waals surface area (Å²) in [4.78, 5) is 22.0. The maximum Gasteiger partial charge on any atom is 0.269 e. The third-order valence-corrected chi connectivity index (χ3v) is 8.95. The number of non-ortho nitro benzene ring substituents is 2. The predicted octanol–water partition coefficient (Wildman–Crippen LogP) is 6.30. The number of nitrogens with zero attached hydrogens (tertiary/aromatic N) is 10. The number of hydrogen-bond acceptors (Lipinski definition) is 14. The predicted molar refractivity (Wildman–Crippen MR) is 167 cm³/mol. The monoisotopic (exact) mass is 696 g/mol. The first-order valence-corrected chi connectivity index (χ1v) is 15.3. The fourth-order valence-corrected chi connectivity index (χ4v) is 6.34. The fourth-order valence-electron chi connectivity index (χ4n) is 4.20. The zero-order chi connectivity index (χ0) is 31.9. The van der Waals surface area contributed by atoms with Crippen molar-refractivity contribution in [3.8, 4) is 32.6 Å². The van der Waals surface area contributed by atoms with Gasteiger partial charge in [0.05, 0.1) is 19.9 Å². The van der Waals surface area contributed by atoms with Crippen LogP contribution in [-0.4, -0.2) is 49.5 Å². The molecule has 3 aromatic carbocycles. The molecule has 0 saturated heterocycles. The van der Waals surface area contributed by atoms with Crippen molar-refractivity contribution in [1.82, 2.24) is 39.6 Å². The highest BCUT2D eigenvalue weighted by Crippen LogP contribution is 2.37. The molecule has 0 fully saturated rings. The van der Waals surface area contributed by atoms with Crippen LogP contribution in [0.5, 0.6) is 11.5 Å². The van der Waals surface area contributed by atoms with Gasteiger partial charge >= 0.3 is 0 Å². The SMILES string of the molecule is O=[N+]([O-])c1ccc(-c2nn3c(COc4cc(Cl)c(OCc5nnc6sc(-c7ccc([N+](=O)[O-])cc7)nn56)cc4Cl)nnc3s2)cc1. The van der Waals surface area contributed by atoms with Crippen molar-refractivity contribution < 1.29 is 19.3 Å². The Labute approximate surface area is 273 Å². The van der Waals surface area contributed by atoms with Crippen LogP contribution in [0.15, 0.2) is 60.7 Å². The van der Waals surface area contributed by atoms with Gasteiger partial charge in [0.15, 0.2) is 11.6 Å². The van der Waals surface area contributed by atoms with E-state index in [2.05, 4.69) is 30.6 Å². The third kappa shape index (κ3) is 5.65. The second-order valence-corrected chi connectivity index (χ2v) is 12.1. The normalized spacial score (nSPS) is 11.3. The van der Waals surface area contributed by atoms with E-state index in [4.69, 9.17) is 32.7 Å². The standard InChI is InChI=1S/C26H14Cl2N10O6S2/c27-17-10-20(44-12-22-30-32-26-36(22)34-24(46-26)14-3-7-16(8-4-14)38(41)42)18(28)9-19(17)43-11-21-29-31-25-35(21)33-23(45-25)13-1-5-15(6-2-13)37(39)40/h1-10H,11-12H2. The van der Waals surface area contributed by atoms with Crippen LogP contribution >= 0.6 is 45.9 Å². The molecule has 0 N–H and O–H groups in total. The summed E-state index contributed by atoms with van der Waals surface area (Å²) in [7, 11) is 0. The molecule has 0 radical (unpaired) electrons. The minimum absolute atomic E-state index is 0.0152. The number of nitro groups is 2. The zero-order valence-corrected chi connectivity index (χ0v) is 25.8. The lowest BCUT2D eigenvalue weighted by Crippen LogP contribution is -2.04. The van der Waals surface area contributed by atoms with Gasteiger partial charge in [-0.3, -0.25) is 20.2 Å². The van der Waals surface area contributed by atoms with Crippen molar-refractivity contribution in [2.45, 2.75) is 13.2 Å². The van der Waals surface area contributed by atoms with E-state index in [0.29, 0.717) is 42.7 Å². The fraction of sp³-hybridized carbons (Fsp3) is 0.0769. The van der Waals surface area contributed by atoms with Crippen LogP contribution in [0.4, 0.5) is 11.4 Å². The number of halogens is 2. The highest BCUT2D eigenvalue weighted by Gasteiger charge is 2.18. The number of rotatable bonds is 10. The first-order chi connectivity index (χ1) is 22.2. The van der Waals surface area contributed by atoms with Crippen LogP contribution in [0.3, 0.4) is 0 Å². The minimum atomic E-state index is -0.466. The number of aromatic nitrogens is 8. The van der Waals surface area contributed by atoms with E-state index in [1.807, 2.05) is 0 Å². The summed E-state index contributed by atoms with van der Waals surface area (Å²) in [6, 6.07) is 15.1. The molecule has 20 heteroatoms. The number of nitro benzene ring substituents is 2. The highest BCUT2D eigenvalue weighted by molar-refractivity contribution is 7.20. The summed E-state index contributed by atoms with van der Waals surface area (Å²) in [6.07, 6.45) is 0. The molecule has 0 aliphatic carbocycles. The number of ether oxygens (including phenoxy) is 2. The van der Waals surface area contributed by atoms with E-state index in [1.165, 1.54) is 68.1 Å². The molecular weight excluding hydrogens is 683 g/mol. The second-order valence-electron chi connectivity index (χ2n) is 9.33. The van der Waals surface area contributed by atoms with Crippen molar-refractivity contribution in [2.24, 2.45) is 0 Å². The molecule has 7 aromatic rings. The summed E-state index contributed by atoms with van der Waals surface area (Å²) in [5.41, 5.74) is 1.37. The summed E-state index contributed by atoms with van der Waals surface area (Å²) in [6.45, 7) is -0.0565. The molecule has 0 aliphatic heterocycles. The van der Waals surface area contributed by atoms with Crippen molar-refractivity contribution in [1.29, 1.82) is 0 Å². The van der Waals surface area contributed by atoms with Gasteiger partial charge in [0.25, 0.3) is 11.4 Å². The number of hydrogen-bond donors (Lipinski definition) is 0. The molecule has 0 aliphatic rings. The Hall–Kier alpha value is -5.30. The van der Waals surface area contributed by atoms with Crippen LogP contribution in [0.25, 0.3) is 31.1 Å². The third-order valence-electron chi connectivity index (χ3n) is 6.46. The van der Waals surface area contributed by atoms with Gasteiger partial charge in [-0.05, 0) is 24.3 Å². The summed E-state index contributed by atoms with van der Waals surface area (Å²) in [5.74, 6) is 1.36. The summed E-state index contributed by atoms with van der Waals surface area (Å²) >= 11 is 15.5. The summed E-state index contributed by atoms with van der Waals surface area (Å²) < 4.78 is 14.8. The van der Waals surface area contributed by atoms with E-state index in [9.17, 15) is 20.2 Å². The maximum absolute atomic E-state index is 10.9. The maximum atomic E-state index is 10.9. The van der Waals surface area contributed by atoms with Gasteiger partial charge in [0.2, 0.25) is 9.92 Å². The van der Waals surface area contributed by atoms with Crippen LogP contribution in [0.2, 0.25) is 10.0 Å². The van der Waals surface area contributed by atoms with Crippen molar-refractivity contribution in [3.05, 3.63) is 103 Å². The molecular formula is C26H14Cl2N10O6S2. The molecule has 4 aromatic heterocycles. The van der Waals surface area contributed by atoms with Crippen molar-refractivity contribution in [3.63, 3.8) is 0 Å². The zero-order valence-electron chi connectivity index (χ0n) is 22.7. The van der Waals surface area contributed by atoms with Crippen LogP contribution in [0, 0.1) is 20.2 Å². The lowest BCUT2D eigenvalue weighted by atomic mass is 10.2. The molecule has 230 valence electrons. The van der Waals surface area contributed by atoms with Gasteiger partial charge in [-0.1, -0.05) is 45.9 Å². The van der Waals surface area contributed by atoms with Crippen molar-refractivity contribution >= 4 is 67.2 Å². The minimum Gasteiger partial charge on any atom is -0.484 e. The van der Waals surface area contributed by atoms with Crippen LogP contribution < -0.4 is 9.47 Å². The Bertz CT molecular complexity index is 2110. The quantitative estimate of drug-likeness (QED) is 0.115.